The van der Waals surface area contributed by atoms with Crippen LogP contribution < -0.4 is 0 Å². The van der Waals surface area contributed by atoms with Crippen molar-refractivity contribution in [2.75, 3.05) is 0 Å². The molecule has 0 atom stereocenters. The highest BCUT2D eigenvalue weighted by molar-refractivity contribution is 5.79. The van der Waals surface area contributed by atoms with Crippen molar-refractivity contribution in [3.63, 3.8) is 0 Å². The summed E-state index contributed by atoms with van der Waals surface area (Å²) in [4.78, 5) is 4.48. The van der Waals surface area contributed by atoms with Crippen molar-refractivity contribution in [2.45, 2.75) is 13.8 Å². The van der Waals surface area contributed by atoms with E-state index >= 15 is 0 Å². The van der Waals surface area contributed by atoms with E-state index in [1.54, 1.807) is 0 Å². The molecule has 0 saturated heterocycles. The maximum Gasteiger partial charge on any atom is 0.139 e. The zero-order valence-corrected chi connectivity index (χ0v) is 15.4. The number of hydrogen-bond acceptors (Lipinski definition) is 1. The largest absolute Gasteiger partial charge is 0.334 e. The number of aromatic nitrogens is 2. The molecule has 0 amide bonds. The van der Waals surface area contributed by atoms with Crippen molar-refractivity contribution in [2.24, 2.45) is 7.05 Å². The third-order valence-electron chi connectivity index (χ3n) is 4.87. The Bertz CT molecular complexity index is 1040. The van der Waals surface area contributed by atoms with Gasteiger partial charge in [-0.3, -0.25) is 0 Å². The molecule has 128 valence electrons. The van der Waals surface area contributed by atoms with E-state index in [-0.39, 0.29) is 0 Å². The van der Waals surface area contributed by atoms with Gasteiger partial charge in [-0.25, -0.2) is 4.98 Å². The van der Waals surface area contributed by atoms with Gasteiger partial charge in [0, 0.05) is 25.0 Å². The van der Waals surface area contributed by atoms with E-state index in [9.17, 15) is 0 Å². The Hall–Kier alpha value is -3.13. The van der Waals surface area contributed by atoms with Gasteiger partial charge in [0.2, 0.25) is 0 Å². The first-order chi connectivity index (χ1) is 12.6. The van der Waals surface area contributed by atoms with E-state index in [2.05, 4.69) is 90.1 Å². The van der Waals surface area contributed by atoms with Gasteiger partial charge in [0.25, 0.3) is 0 Å². The van der Waals surface area contributed by atoms with Crippen molar-refractivity contribution in [1.29, 1.82) is 0 Å². The summed E-state index contributed by atoms with van der Waals surface area (Å²) in [5.41, 5.74) is 8.79. The molecule has 3 aromatic carbocycles. The Kier molecular flexibility index (Phi) is 4.18. The first-order valence-electron chi connectivity index (χ1n) is 8.88. The summed E-state index contributed by atoms with van der Waals surface area (Å²) in [6.07, 6.45) is 3.82. The second-order valence-electron chi connectivity index (χ2n) is 6.79. The van der Waals surface area contributed by atoms with E-state index in [0.717, 1.165) is 11.4 Å². The normalized spacial score (nSPS) is 10.9. The van der Waals surface area contributed by atoms with Gasteiger partial charge >= 0.3 is 0 Å². The predicted octanol–water partition coefficient (Wildman–Crippen LogP) is 6.04. The molecule has 1 heterocycles. The van der Waals surface area contributed by atoms with E-state index in [0.29, 0.717) is 0 Å². The Labute approximate surface area is 154 Å². The van der Waals surface area contributed by atoms with Crippen LogP contribution in [0.25, 0.3) is 33.6 Å². The third-order valence-corrected chi connectivity index (χ3v) is 4.87. The summed E-state index contributed by atoms with van der Waals surface area (Å²) in [5.74, 6) is 0.989. The van der Waals surface area contributed by atoms with Crippen LogP contribution in [-0.4, -0.2) is 9.55 Å². The average molecular weight is 338 g/mol. The zero-order valence-electron chi connectivity index (χ0n) is 15.4. The smallest absolute Gasteiger partial charge is 0.139 e. The van der Waals surface area contributed by atoms with Crippen molar-refractivity contribution in [3.05, 3.63) is 90.3 Å². The number of benzene rings is 3. The maximum atomic E-state index is 4.48. The fourth-order valence-corrected chi connectivity index (χ4v) is 3.67. The molecule has 0 aliphatic carbocycles. The molecule has 0 N–H and O–H groups in total. The minimum absolute atomic E-state index is 0.989. The fourth-order valence-electron chi connectivity index (χ4n) is 3.67. The zero-order chi connectivity index (χ0) is 18.1. The maximum absolute atomic E-state index is 4.48. The highest BCUT2D eigenvalue weighted by Gasteiger charge is 2.11. The molecule has 0 saturated carbocycles. The van der Waals surface area contributed by atoms with E-state index in [1.807, 2.05) is 19.4 Å². The molecule has 0 bridgehead atoms. The second-order valence-corrected chi connectivity index (χ2v) is 6.79. The van der Waals surface area contributed by atoms with Gasteiger partial charge in [0.05, 0.1) is 0 Å². The minimum Gasteiger partial charge on any atom is -0.334 e. The van der Waals surface area contributed by atoms with Gasteiger partial charge in [-0.05, 0) is 53.3 Å². The first-order valence-corrected chi connectivity index (χ1v) is 8.88. The topological polar surface area (TPSA) is 17.8 Å². The molecule has 4 rings (SSSR count). The molecule has 0 aliphatic heterocycles. The summed E-state index contributed by atoms with van der Waals surface area (Å²) in [7, 11) is 2.03. The molecule has 0 fully saturated rings. The average Bonchev–Trinajstić information content (AvgIpc) is 3.08. The molecule has 0 unspecified atom stereocenters. The predicted molar refractivity (Wildman–Crippen MR) is 109 cm³/mol. The van der Waals surface area contributed by atoms with Crippen molar-refractivity contribution >= 4 is 0 Å². The molecule has 0 spiro atoms. The van der Waals surface area contributed by atoms with Crippen LogP contribution in [-0.2, 0) is 7.05 Å². The Morgan fingerprint density at radius 1 is 0.692 bits per heavy atom. The van der Waals surface area contributed by atoms with Crippen LogP contribution in [0.2, 0.25) is 0 Å². The van der Waals surface area contributed by atoms with E-state index < -0.39 is 0 Å². The van der Waals surface area contributed by atoms with Crippen LogP contribution in [0.5, 0.6) is 0 Å². The lowest BCUT2D eigenvalue weighted by Gasteiger charge is -2.14. The van der Waals surface area contributed by atoms with Gasteiger partial charge in [-0.15, -0.1) is 0 Å². The van der Waals surface area contributed by atoms with Crippen LogP contribution in [0.1, 0.15) is 11.1 Å². The lowest BCUT2D eigenvalue weighted by atomic mass is 9.91. The highest BCUT2D eigenvalue weighted by atomic mass is 15.0. The van der Waals surface area contributed by atoms with E-state index in [4.69, 9.17) is 0 Å². The minimum atomic E-state index is 0.989. The molecule has 0 radical (unpaired) electrons. The third kappa shape index (κ3) is 2.95. The number of rotatable bonds is 3. The van der Waals surface area contributed by atoms with Crippen LogP contribution in [0.4, 0.5) is 0 Å². The number of hydrogen-bond donors (Lipinski definition) is 0. The van der Waals surface area contributed by atoms with Crippen molar-refractivity contribution < 1.29 is 0 Å². The van der Waals surface area contributed by atoms with Gasteiger partial charge in [-0.2, -0.15) is 0 Å². The van der Waals surface area contributed by atoms with Crippen LogP contribution >= 0.6 is 0 Å². The summed E-state index contributed by atoms with van der Waals surface area (Å²) in [6.45, 7) is 4.39. The number of nitrogens with zero attached hydrogens (tertiary/aromatic N) is 2. The standard InChI is InChI=1S/C24H22N2/c1-17-14-22(19-8-5-4-6-9-19)15-18(2)23(17)20-10-7-11-21(16-20)24-25-12-13-26(24)3/h4-16H,1-3H3. The monoisotopic (exact) mass is 338 g/mol. The number of aryl methyl sites for hydroxylation is 3. The molecule has 4 aromatic rings. The Morgan fingerprint density at radius 2 is 1.35 bits per heavy atom. The van der Waals surface area contributed by atoms with Crippen molar-refractivity contribution in [3.8, 4) is 33.6 Å². The van der Waals surface area contributed by atoms with Gasteiger partial charge in [0.15, 0.2) is 0 Å². The molecule has 26 heavy (non-hydrogen) atoms. The Balaban J connectivity index is 1.81. The fraction of sp³-hybridized carbons (Fsp3) is 0.125. The lowest BCUT2D eigenvalue weighted by molar-refractivity contribution is 0.925. The van der Waals surface area contributed by atoms with Crippen LogP contribution in [0, 0.1) is 13.8 Å². The molecule has 1 aromatic heterocycles. The Morgan fingerprint density at radius 3 is 2.00 bits per heavy atom. The molecular formula is C24H22N2. The summed E-state index contributed by atoms with van der Waals surface area (Å²) < 4.78 is 2.05. The quantitative estimate of drug-likeness (QED) is 0.445. The van der Waals surface area contributed by atoms with Crippen molar-refractivity contribution in [1.82, 2.24) is 9.55 Å². The summed E-state index contributed by atoms with van der Waals surface area (Å²) >= 11 is 0. The second kappa shape index (κ2) is 6.64. The molecule has 2 heteroatoms. The van der Waals surface area contributed by atoms with Crippen LogP contribution in [0.15, 0.2) is 79.1 Å². The van der Waals surface area contributed by atoms with Gasteiger partial charge in [0.1, 0.15) is 5.82 Å². The molecule has 0 aliphatic rings. The van der Waals surface area contributed by atoms with Gasteiger partial charge < -0.3 is 4.57 Å². The SMILES string of the molecule is Cc1cc(-c2ccccc2)cc(C)c1-c1cccc(-c2nccn2C)c1. The van der Waals surface area contributed by atoms with E-state index in [1.165, 1.54) is 33.4 Å². The molecule has 2 nitrogen and oxygen atoms in total. The lowest BCUT2D eigenvalue weighted by Crippen LogP contribution is -1.94. The first kappa shape index (κ1) is 16.3. The number of imidazole rings is 1. The van der Waals surface area contributed by atoms with Gasteiger partial charge in [-0.1, -0.05) is 60.7 Å². The van der Waals surface area contributed by atoms with Crippen LogP contribution in [0.3, 0.4) is 0 Å². The molecular weight excluding hydrogens is 316 g/mol. The summed E-state index contributed by atoms with van der Waals surface area (Å²) in [5, 5.41) is 0. The summed E-state index contributed by atoms with van der Waals surface area (Å²) in [6, 6.07) is 23.8. The highest BCUT2D eigenvalue weighted by Crippen LogP contribution is 2.33.